The van der Waals surface area contributed by atoms with Gasteiger partial charge in [0.05, 0.1) is 24.5 Å². The molecule has 0 atom stereocenters. The van der Waals surface area contributed by atoms with E-state index < -0.39 is 34.9 Å². The highest BCUT2D eigenvalue weighted by atomic mass is 32.2. The Morgan fingerprint density at radius 1 is 0.903 bits per heavy atom. The summed E-state index contributed by atoms with van der Waals surface area (Å²) in [4.78, 5) is 26.4. The Kier molecular flexibility index (Phi) is 5.30. The van der Waals surface area contributed by atoms with Gasteiger partial charge in [-0.25, -0.2) is 8.42 Å². The zero-order valence-electron chi connectivity index (χ0n) is 16.5. The number of nitrogens with one attached hydrogen (secondary N) is 1. The summed E-state index contributed by atoms with van der Waals surface area (Å²) in [5.41, 5.74) is 6.60. The van der Waals surface area contributed by atoms with Crippen LogP contribution in [0.25, 0.3) is 10.8 Å². The van der Waals surface area contributed by atoms with Crippen molar-refractivity contribution in [1.29, 1.82) is 5.41 Å². The minimum atomic E-state index is -4.01. The van der Waals surface area contributed by atoms with Crippen molar-refractivity contribution >= 4 is 38.4 Å². The first kappa shape index (κ1) is 20.7. The van der Waals surface area contributed by atoms with Gasteiger partial charge in [-0.15, -0.1) is 0 Å². The molecule has 1 aliphatic heterocycles. The summed E-state index contributed by atoms with van der Waals surface area (Å²) in [5, 5.41) is 9.16. The molecule has 0 unspecified atom stereocenters. The Labute approximate surface area is 179 Å². The molecular weight excluding hydrogens is 416 g/mol. The van der Waals surface area contributed by atoms with Crippen molar-refractivity contribution in [2.75, 3.05) is 13.1 Å². The molecule has 9 heteroatoms. The average molecular weight is 436 g/mol. The first-order chi connectivity index (χ1) is 14.8. The molecule has 1 aliphatic rings. The van der Waals surface area contributed by atoms with Crippen LogP contribution in [-0.4, -0.2) is 48.4 Å². The van der Waals surface area contributed by atoms with Gasteiger partial charge in [0.25, 0.3) is 0 Å². The first-order valence-electron chi connectivity index (χ1n) is 9.51. The second kappa shape index (κ2) is 7.93. The molecule has 2 amide bonds. The molecule has 0 bridgehead atoms. The molecule has 0 radical (unpaired) electrons. The second-order valence-corrected chi connectivity index (χ2v) is 9.21. The minimum absolute atomic E-state index is 0.0113. The minimum Gasteiger partial charge on any atom is -0.384 e. The van der Waals surface area contributed by atoms with Crippen LogP contribution in [0.15, 0.2) is 71.6 Å². The summed E-state index contributed by atoms with van der Waals surface area (Å²) in [5.74, 6) is -1.33. The van der Waals surface area contributed by atoms with Crippen LogP contribution in [0.1, 0.15) is 11.1 Å². The molecule has 3 aromatic carbocycles. The molecule has 3 aromatic rings. The summed E-state index contributed by atoms with van der Waals surface area (Å²) < 4.78 is 27.1. The normalized spacial score (nSPS) is 15.4. The maximum atomic E-state index is 13.1. The summed E-state index contributed by atoms with van der Waals surface area (Å²) >= 11 is 0. The van der Waals surface area contributed by atoms with E-state index in [2.05, 4.69) is 0 Å². The largest absolute Gasteiger partial charge is 0.384 e. The predicted molar refractivity (Wildman–Crippen MR) is 116 cm³/mol. The van der Waals surface area contributed by atoms with Gasteiger partial charge in [-0.2, -0.15) is 4.31 Å². The van der Waals surface area contributed by atoms with Crippen molar-refractivity contribution in [1.82, 2.24) is 9.21 Å². The lowest BCUT2D eigenvalue weighted by Gasteiger charge is -2.32. The third-order valence-corrected chi connectivity index (χ3v) is 6.95. The zero-order chi connectivity index (χ0) is 22.2. The monoisotopic (exact) mass is 436 g/mol. The van der Waals surface area contributed by atoms with Crippen molar-refractivity contribution in [3.05, 3.63) is 77.9 Å². The van der Waals surface area contributed by atoms with Gasteiger partial charge in [0.15, 0.2) is 0 Å². The van der Waals surface area contributed by atoms with Gasteiger partial charge in [0.2, 0.25) is 21.8 Å². The number of amides is 2. The van der Waals surface area contributed by atoms with Crippen molar-refractivity contribution in [3.8, 4) is 0 Å². The first-order valence-corrected chi connectivity index (χ1v) is 11.0. The van der Waals surface area contributed by atoms with Crippen LogP contribution in [-0.2, 0) is 26.2 Å². The molecule has 158 valence electrons. The van der Waals surface area contributed by atoms with E-state index >= 15 is 0 Å². The van der Waals surface area contributed by atoms with Gasteiger partial charge in [0, 0.05) is 5.56 Å². The molecule has 0 saturated carbocycles. The summed E-state index contributed by atoms with van der Waals surface area (Å²) in [6.07, 6.45) is 0. The lowest BCUT2D eigenvalue weighted by atomic mass is 10.1. The fourth-order valence-corrected chi connectivity index (χ4v) is 4.89. The summed E-state index contributed by atoms with van der Waals surface area (Å²) in [6.45, 7) is -0.858. The third kappa shape index (κ3) is 4.05. The second-order valence-electron chi connectivity index (χ2n) is 7.27. The molecule has 1 heterocycles. The molecule has 3 N–H and O–H groups in total. The predicted octanol–water partition coefficient (Wildman–Crippen LogP) is 1.68. The van der Waals surface area contributed by atoms with E-state index in [1.807, 2.05) is 18.2 Å². The van der Waals surface area contributed by atoms with Crippen LogP contribution in [0.4, 0.5) is 0 Å². The van der Waals surface area contributed by atoms with Crippen molar-refractivity contribution in [2.24, 2.45) is 5.73 Å². The van der Waals surface area contributed by atoms with Crippen LogP contribution in [0.3, 0.4) is 0 Å². The third-order valence-electron chi connectivity index (χ3n) is 5.16. The number of carbonyl (C=O) groups excluding carboxylic acids is 2. The van der Waals surface area contributed by atoms with Gasteiger partial charge in [0.1, 0.15) is 5.84 Å². The maximum absolute atomic E-state index is 13.1. The van der Waals surface area contributed by atoms with E-state index in [-0.39, 0.29) is 17.3 Å². The van der Waals surface area contributed by atoms with E-state index in [0.29, 0.717) is 11.1 Å². The number of nitrogens with zero attached hydrogens (tertiary/aromatic N) is 2. The van der Waals surface area contributed by atoms with Crippen LogP contribution in [0.5, 0.6) is 0 Å². The SMILES string of the molecule is N=C(N)c1cccc(CN2C(=O)CN(S(=O)(=O)c3ccc4ccccc4c3)CC2=O)c1. The Morgan fingerprint density at radius 3 is 2.26 bits per heavy atom. The molecule has 1 saturated heterocycles. The molecule has 0 spiro atoms. The van der Waals surface area contributed by atoms with Crippen LogP contribution in [0.2, 0.25) is 0 Å². The Morgan fingerprint density at radius 2 is 1.58 bits per heavy atom. The number of amidine groups is 1. The summed E-state index contributed by atoms with van der Waals surface area (Å²) in [6, 6.07) is 18.7. The van der Waals surface area contributed by atoms with E-state index in [1.54, 1.807) is 42.5 Å². The number of fused-ring (bicyclic) bond motifs is 1. The van der Waals surface area contributed by atoms with Gasteiger partial charge in [-0.3, -0.25) is 19.9 Å². The van der Waals surface area contributed by atoms with Gasteiger partial charge in [-0.1, -0.05) is 48.5 Å². The Balaban J connectivity index is 1.55. The fourth-order valence-electron chi connectivity index (χ4n) is 3.51. The topological polar surface area (TPSA) is 125 Å². The number of piperazine rings is 1. The maximum Gasteiger partial charge on any atom is 0.244 e. The van der Waals surface area contributed by atoms with Gasteiger partial charge < -0.3 is 5.73 Å². The number of hydrogen-bond acceptors (Lipinski definition) is 5. The summed E-state index contributed by atoms with van der Waals surface area (Å²) in [7, 11) is -4.01. The van der Waals surface area contributed by atoms with Crippen LogP contribution < -0.4 is 5.73 Å². The van der Waals surface area contributed by atoms with E-state index in [9.17, 15) is 18.0 Å². The highest BCUT2D eigenvalue weighted by Crippen LogP contribution is 2.24. The average Bonchev–Trinajstić information content (AvgIpc) is 2.76. The highest BCUT2D eigenvalue weighted by molar-refractivity contribution is 7.89. The van der Waals surface area contributed by atoms with Crippen molar-refractivity contribution in [2.45, 2.75) is 11.4 Å². The Hall–Kier alpha value is -3.56. The van der Waals surface area contributed by atoms with Gasteiger partial charge >= 0.3 is 0 Å². The lowest BCUT2D eigenvalue weighted by Crippen LogP contribution is -2.55. The smallest absolute Gasteiger partial charge is 0.244 e. The molecule has 1 fully saturated rings. The quantitative estimate of drug-likeness (QED) is 0.358. The number of rotatable bonds is 5. The molecule has 31 heavy (non-hydrogen) atoms. The highest BCUT2D eigenvalue weighted by Gasteiger charge is 2.37. The lowest BCUT2D eigenvalue weighted by molar-refractivity contribution is -0.149. The fraction of sp³-hybridized carbons (Fsp3) is 0.136. The molecule has 4 rings (SSSR count). The number of nitrogens with two attached hydrogens (primary N) is 1. The van der Waals surface area contributed by atoms with Gasteiger partial charge in [-0.05, 0) is 34.5 Å². The van der Waals surface area contributed by atoms with E-state index in [1.165, 1.54) is 6.07 Å². The van der Waals surface area contributed by atoms with Crippen molar-refractivity contribution < 1.29 is 18.0 Å². The van der Waals surface area contributed by atoms with Crippen LogP contribution in [0, 0.1) is 5.41 Å². The number of imide groups is 1. The van der Waals surface area contributed by atoms with E-state index in [0.717, 1.165) is 20.0 Å². The molecule has 0 aliphatic carbocycles. The number of nitrogen functional groups attached to an aromatic ring is 1. The molecule has 8 nitrogen and oxygen atoms in total. The van der Waals surface area contributed by atoms with E-state index in [4.69, 9.17) is 11.1 Å². The standard InChI is InChI=1S/C22H20N4O4S/c23-22(24)18-7-3-4-15(10-18)12-26-20(27)13-25(14-21(26)28)31(29,30)19-9-8-16-5-1-2-6-17(16)11-19/h1-11H,12-14H2,(H3,23,24). The molecular formula is C22H20N4O4S. The number of benzene rings is 3. The van der Waals surface area contributed by atoms with Crippen LogP contribution >= 0.6 is 0 Å². The zero-order valence-corrected chi connectivity index (χ0v) is 17.3. The number of sulfonamides is 1. The van der Waals surface area contributed by atoms with Crippen molar-refractivity contribution in [3.63, 3.8) is 0 Å². The number of hydrogen-bond donors (Lipinski definition) is 2. The Bertz CT molecular complexity index is 1300. The molecule has 0 aromatic heterocycles. The number of carbonyl (C=O) groups is 2.